The number of nitrogens with zero attached hydrogens (tertiary/aromatic N) is 1. The zero-order chi connectivity index (χ0) is 10.8. The maximum Gasteiger partial charge on any atom is 0.132 e. The van der Waals surface area contributed by atoms with Crippen LogP contribution in [0.1, 0.15) is 11.5 Å². The molecule has 0 aliphatic carbocycles. The number of rotatable bonds is 2. The van der Waals surface area contributed by atoms with Crippen LogP contribution in [0.3, 0.4) is 0 Å². The summed E-state index contributed by atoms with van der Waals surface area (Å²) in [6.45, 7) is 1.84. The SMILES string of the molecule is Cc1[nH]c(CO)nc1-c1cccc(Cl)c1. The molecule has 0 aliphatic heterocycles. The Morgan fingerprint density at radius 3 is 2.87 bits per heavy atom. The van der Waals surface area contributed by atoms with E-state index in [1.807, 2.05) is 31.2 Å². The number of benzene rings is 1. The zero-order valence-corrected chi connectivity index (χ0v) is 9.04. The molecule has 0 atom stereocenters. The first-order valence-corrected chi connectivity index (χ1v) is 5.01. The van der Waals surface area contributed by atoms with Gasteiger partial charge in [-0.25, -0.2) is 4.98 Å². The van der Waals surface area contributed by atoms with Gasteiger partial charge in [0.2, 0.25) is 0 Å². The van der Waals surface area contributed by atoms with Gasteiger partial charge in [0, 0.05) is 16.3 Å². The molecule has 1 heterocycles. The van der Waals surface area contributed by atoms with Gasteiger partial charge >= 0.3 is 0 Å². The average molecular weight is 223 g/mol. The van der Waals surface area contributed by atoms with E-state index in [0.717, 1.165) is 17.0 Å². The lowest BCUT2D eigenvalue weighted by Crippen LogP contribution is -1.84. The lowest BCUT2D eigenvalue weighted by Gasteiger charge is -1.98. The summed E-state index contributed by atoms with van der Waals surface area (Å²) < 4.78 is 0. The highest BCUT2D eigenvalue weighted by Crippen LogP contribution is 2.23. The molecule has 0 bridgehead atoms. The van der Waals surface area contributed by atoms with Crippen LogP contribution < -0.4 is 0 Å². The standard InChI is InChI=1S/C11H11ClN2O/c1-7-11(14-10(6-15)13-7)8-3-2-4-9(12)5-8/h2-5,15H,6H2,1H3,(H,13,14). The second-order valence-electron chi connectivity index (χ2n) is 3.33. The fraction of sp³-hybridized carbons (Fsp3) is 0.182. The van der Waals surface area contributed by atoms with Gasteiger partial charge in [-0.1, -0.05) is 23.7 Å². The zero-order valence-electron chi connectivity index (χ0n) is 8.29. The van der Waals surface area contributed by atoms with Crippen LogP contribution in [0.5, 0.6) is 0 Å². The number of aliphatic hydroxyl groups is 1. The van der Waals surface area contributed by atoms with Crippen molar-refractivity contribution in [2.45, 2.75) is 13.5 Å². The molecule has 2 aromatic rings. The largest absolute Gasteiger partial charge is 0.388 e. The Morgan fingerprint density at radius 1 is 1.47 bits per heavy atom. The highest BCUT2D eigenvalue weighted by atomic mass is 35.5. The normalized spacial score (nSPS) is 10.6. The Balaban J connectivity index is 2.48. The van der Waals surface area contributed by atoms with Crippen molar-refractivity contribution in [1.29, 1.82) is 0 Å². The molecule has 0 spiro atoms. The molecule has 0 amide bonds. The molecule has 0 fully saturated rings. The number of nitrogens with one attached hydrogen (secondary N) is 1. The second-order valence-corrected chi connectivity index (χ2v) is 3.76. The maximum atomic E-state index is 8.96. The van der Waals surface area contributed by atoms with Crippen molar-refractivity contribution in [1.82, 2.24) is 9.97 Å². The molecule has 0 radical (unpaired) electrons. The lowest BCUT2D eigenvalue weighted by molar-refractivity contribution is 0.272. The summed E-state index contributed by atoms with van der Waals surface area (Å²) in [6.07, 6.45) is 0. The number of imidazole rings is 1. The summed E-state index contributed by atoms with van der Waals surface area (Å²) in [4.78, 5) is 7.28. The molecule has 4 heteroatoms. The van der Waals surface area contributed by atoms with Gasteiger partial charge in [0.15, 0.2) is 0 Å². The van der Waals surface area contributed by atoms with Gasteiger partial charge in [0.1, 0.15) is 12.4 Å². The van der Waals surface area contributed by atoms with E-state index in [1.54, 1.807) is 0 Å². The van der Waals surface area contributed by atoms with Crippen molar-refractivity contribution < 1.29 is 5.11 Å². The molecule has 1 aromatic heterocycles. The van der Waals surface area contributed by atoms with E-state index in [2.05, 4.69) is 9.97 Å². The quantitative estimate of drug-likeness (QED) is 0.821. The molecular formula is C11H11ClN2O. The second kappa shape index (κ2) is 4.04. The molecular weight excluding hydrogens is 212 g/mol. The number of hydrogen-bond acceptors (Lipinski definition) is 2. The fourth-order valence-corrected chi connectivity index (χ4v) is 1.70. The molecule has 2 N–H and O–H groups in total. The van der Waals surface area contributed by atoms with E-state index in [9.17, 15) is 0 Å². The predicted molar refractivity (Wildman–Crippen MR) is 59.7 cm³/mol. The Morgan fingerprint density at radius 2 is 2.27 bits per heavy atom. The fourth-order valence-electron chi connectivity index (χ4n) is 1.51. The summed E-state index contributed by atoms with van der Waals surface area (Å²) >= 11 is 5.90. The average Bonchev–Trinajstić information content (AvgIpc) is 2.60. The van der Waals surface area contributed by atoms with Crippen LogP contribution in [0.25, 0.3) is 11.3 Å². The molecule has 1 aromatic carbocycles. The predicted octanol–water partition coefficient (Wildman–Crippen LogP) is 2.53. The van der Waals surface area contributed by atoms with E-state index in [1.165, 1.54) is 0 Å². The number of aryl methyl sites for hydroxylation is 1. The molecule has 78 valence electrons. The number of aromatic nitrogens is 2. The smallest absolute Gasteiger partial charge is 0.132 e. The first-order valence-electron chi connectivity index (χ1n) is 4.63. The Labute approximate surface area is 92.7 Å². The summed E-state index contributed by atoms with van der Waals surface area (Å²) in [5.41, 5.74) is 2.72. The van der Waals surface area contributed by atoms with E-state index in [0.29, 0.717) is 10.8 Å². The molecule has 0 saturated carbocycles. The van der Waals surface area contributed by atoms with Crippen LogP contribution in [0.4, 0.5) is 0 Å². The third-order valence-electron chi connectivity index (χ3n) is 2.18. The number of aromatic amines is 1. The first kappa shape index (κ1) is 10.2. The number of hydrogen-bond donors (Lipinski definition) is 2. The summed E-state index contributed by atoms with van der Waals surface area (Å²) in [7, 11) is 0. The molecule has 0 saturated heterocycles. The van der Waals surface area contributed by atoms with Gasteiger partial charge in [-0.2, -0.15) is 0 Å². The van der Waals surface area contributed by atoms with Crippen LogP contribution >= 0.6 is 11.6 Å². The lowest BCUT2D eigenvalue weighted by atomic mass is 10.1. The van der Waals surface area contributed by atoms with E-state index in [4.69, 9.17) is 16.7 Å². The van der Waals surface area contributed by atoms with E-state index in [-0.39, 0.29) is 6.61 Å². The van der Waals surface area contributed by atoms with E-state index < -0.39 is 0 Å². The number of halogens is 1. The minimum atomic E-state index is -0.0819. The minimum Gasteiger partial charge on any atom is -0.388 e. The van der Waals surface area contributed by atoms with E-state index >= 15 is 0 Å². The van der Waals surface area contributed by atoms with Crippen molar-refractivity contribution in [3.05, 3.63) is 40.8 Å². The molecule has 0 unspecified atom stereocenters. The van der Waals surface area contributed by atoms with Crippen LogP contribution in [-0.4, -0.2) is 15.1 Å². The third-order valence-corrected chi connectivity index (χ3v) is 2.42. The van der Waals surface area contributed by atoms with Crippen LogP contribution in [0.2, 0.25) is 5.02 Å². The van der Waals surface area contributed by atoms with Crippen molar-refractivity contribution in [3.8, 4) is 11.3 Å². The van der Waals surface area contributed by atoms with Gasteiger partial charge in [-0.3, -0.25) is 0 Å². The summed E-state index contributed by atoms with van der Waals surface area (Å²) in [6, 6.07) is 7.49. The van der Waals surface area contributed by atoms with Crippen molar-refractivity contribution in [2.24, 2.45) is 0 Å². The van der Waals surface area contributed by atoms with Crippen molar-refractivity contribution >= 4 is 11.6 Å². The first-order chi connectivity index (χ1) is 7.20. The molecule has 2 rings (SSSR count). The topological polar surface area (TPSA) is 48.9 Å². The number of aliphatic hydroxyl groups excluding tert-OH is 1. The van der Waals surface area contributed by atoms with Crippen LogP contribution in [-0.2, 0) is 6.61 Å². The van der Waals surface area contributed by atoms with Crippen LogP contribution in [0, 0.1) is 6.92 Å². The molecule has 0 aliphatic rings. The Kier molecular flexibility index (Phi) is 2.75. The Hall–Kier alpha value is -1.32. The highest BCUT2D eigenvalue weighted by molar-refractivity contribution is 6.30. The van der Waals surface area contributed by atoms with Crippen LogP contribution in [0.15, 0.2) is 24.3 Å². The molecule has 15 heavy (non-hydrogen) atoms. The van der Waals surface area contributed by atoms with Gasteiger partial charge < -0.3 is 10.1 Å². The summed E-state index contributed by atoms with van der Waals surface area (Å²) in [5, 5.41) is 9.64. The number of H-pyrrole nitrogens is 1. The third kappa shape index (κ3) is 2.03. The van der Waals surface area contributed by atoms with Gasteiger partial charge in [0.05, 0.1) is 5.69 Å². The maximum absolute atomic E-state index is 8.96. The van der Waals surface area contributed by atoms with Crippen molar-refractivity contribution in [2.75, 3.05) is 0 Å². The highest BCUT2D eigenvalue weighted by Gasteiger charge is 2.08. The van der Waals surface area contributed by atoms with Gasteiger partial charge in [-0.15, -0.1) is 0 Å². The Bertz CT molecular complexity index is 479. The van der Waals surface area contributed by atoms with Gasteiger partial charge in [0.25, 0.3) is 0 Å². The molecule has 3 nitrogen and oxygen atoms in total. The summed E-state index contributed by atoms with van der Waals surface area (Å²) in [5.74, 6) is 0.572. The van der Waals surface area contributed by atoms with Crippen molar-refractivity contribution in [3.63, 3.8) is 0 Å². The monoisotopic (exact) mass is 222 g/mol. The van der Waals surface area contributed by atoms with Gasteiger partial charge in [-0.05, 0) is 19.1 Å². The minimum absolute atomic E-state index is 0.0819.